The highest BCUT2D eigenvalue weighted by Gasteiger charge is 2.40. The van der Waals surface area contributed by atoms with E-state index in [0.717, 1.165) is 0 Å². The smallest absolute Gasteiger partial charge is 0.305 e. The summed E-state index contributed by atoms with van der Waals surface area (Å²) in [5.41, 5.74) is 0. The minimum absolute atomic E-state index is 0.471. The van der Waals surface area contributed by atoms with Gasteiger partial charge in [-0.3, -0.25) is 9.59 Å². The lowest BCUT2D eigenvalue weighted by Crippen LogP contribution is -2.51. The summed E-state index contributed by atoms with van der Waals surface area (Å²) in [5, 5.41) is 0. The van der Waals surface area contributed by atoms with Gasteiger partial charge >= 0.3 is 11.9 Å². The minimum Gasteiger partial charge on any atom is -0.453 e. The average molecular weight is 264 g/mol. The van der Waals surface area contributed by atoms with Crippen LogP contribution in [-0.4, -0.2) is 35.2 Å². The lowest BCUT2D eigenvalue weighted by atomic mass is 10.8. The molecule has 0 saturated carbocycles. The van der Waals surface area contributed by atoms with Gasteiger partial charge in [-0.1, -0.05) is 0 Å². The number of hydrogen-bond donors (Lipinski definition) is 0. The molecular weight excluding hydrogens is 244 g/mol. The predicted molar refractivity (Wildman–Crippen MR) is 64.8 cm³/mol. The first kappa shape index (κ1) is 15.3. The van der Waals surface area contributed by atoms with E-state index in [9.17, 15) is 9.59 Å². The highest BCUT2D eigenvalue weighted by molar-refractivity contribution is 6.78. The van der Waals surface area contributed by atoms with Crippen molar-refractivity contribution in [1.82, 2.24) is 0 Å². The van der Waals surface area contributed by atoms with Crippen molar-refractivity contribution in [3.63, 3.8) is 0 Å². The highest BCUT2D eigenvalue weighted by atomic mass is 28.4. The molecule has 0 aliphatic heterocycles. The molecule has 5 nitrogen and oxygen atoms in total. The number of carbonyl (C=O) groups is 2. The number of hydrogen-bond acceptors (Lipinski definition) is 5. The van der Waals surface area contributed by atoms with Gasteiger partial charge in [0.05, 0.1) is 0 Å². The molecule has 0 aromatic heterocycles. The van der Waals surface area contributed by atoms with E-state index in [4.69, 9.17) is 13.6 Å². The lowest BCUT2D eigenvalue weighted by Gasteiger charge is -2.31. The summed E-state index contributed by atoms with van der Waals surface area (Å²) in [6.07, 6.45) is 0. The van der Waals surface area contributed by atoms with Gasteiger partial charge in [0.25, 0.3) is 14.2 Å². The molecule has 0 amide bonds. The first-order valence-electron chi connectivity index (χ1n) is 5.17. The van der Waals surface area contributed by atoms with E-state index in [1.54, 1.807) is 0 Å². The van der Waals surface area contributed by atoms with E-state index in [-0.39, 0.29) is 0 Å². The van der Waals surface area contributed by atoms with Gasteiger partial charge in [0, 0.05) is 13.8 Å². The molecule has 7 heteroatoms. The largest absolute Gasteiger partial charge is 0.453 e. The maximum Gasteiger partial charge on any atom is 0.305 e. The molecule has 0 atom stereocenters. The summed E-state index contributed by atoms with van der Waals surface area (Å²) < 4.78 is 15.8. The summed E-state index contributed by atoms with van der Waals surface area (Å²) in [6.45, 7) is 10.4. The molecule has 0 saturated heterocycles. The third-order valence-electron chi connectivity index (χ3n) is 1.65. The molecule has 0 N–H and O–H groups in total. The van der Waals surface area contributed by atoms with Crippen molar-refractivity contribution in [2.45, 2.75) is 45.9 Å². The second-order valence-corrected chi connectivity index (χ2v) is 11.0. The standard InChI is InChI=1S/C9H20O5Si2/c1-7(10)12-9(13-8(2)11)16(5,6)14-15(3)4/h9,15H,1-6H3. The Bertz CT molecular complexity index is 249. The second kappa shape index (κ2) is 6.16. The van der Waals surface area contributed by atoms with E-state index in [2.05, 4.69) is 0 Å². The van der Waals surface area contributed by atoms with E-state index in [1.807, 2.05) is 26.2 Å². The summed E-state index contributed by atoms with van der Waals surface area (Å²) in [7, 11) is -3.61. The van der Waals surface area contributed by atoms with Gasteiger partial charge in [0.2, 0.25) is 0 Å². The third-order valence-corrected chi connectivity index (χ3v) is 7.34. The Morgan fingerprint density at radius 2 is 1.44 bits per heavy atom. The van der Waals surface area contributed by atoms with E-state index in [1.165, 1.54) is 13.8 Å². The highest BCUT2D eigenvalue weighted by Crippen LogP contribution is 2.17. The van der Waals surface area contributed by atoms with Crippen LogP contribution < -0.4 is 0 Å². The molecule has 0 aromatic carbocycles. The molecule has 0 rings (SSSR count). The molecule has 16 heavy (non-hydrogen) atoms. The van der Waals surface area contributed by atoms with Crippen molar-refractivity contribution in [2.75, 3.05) is 0 Å². The molecule has 0 aromatic rings. The maximum atomic E-state index is 10.9. The molecule has 0 bridgehead atoms. The zero-order valence-electron chi connectivity index (χ0n) is 10.7. The van der Waals surface area contributed by atoms with Crippen molar-refractivity contribution >= 4 is 29.3 Å². The first-order valence-corrected chi connectivity index (χ1v) is 10.9. The monoisotopic (exact) mass is 264 g/mol. The topological polar surface area (TPSA) is 61.8 Å². The van der Waals surface area contributed by atoms with Crippen LogP contribution in [-0.2, 0) is 23.2 Å². The van der Waals surface area contributed by atoms with Crippen LogP contribution in [0.4, 0.5) is 0 Å². The molecule has 0 fully saturated rings. The van der Waals surface area contributed by atoms with Crippen LogP contribution in [0.1, 0.15) is 13.8 Å². The number of carbonyl (C=O) groups excluding carboxylic acids is 2. The number of esters is 2. The summed E-state index contributed by atoms with van der Waals surface area (Å²) >= 11 is 0. The summed E-state index contributed by atoms with van der Waals surface area (Å²) in [6, 6.07) is 0. The SMILES string of the molecule is CC(=O)OC(OC(C)=O)[Si](C)(C)O[SiH](C)C. The van der Waals surface area contributed by atoms with Crippen molar-refractivity contribution in [1.29, 1.82) is 0 Å². The van der Waals surface area contributed by atoms with Gasteiger partial charge in [0.15, 0.2) is 9.04 Å². The van der Waals surface area contributed by atoms with Gasteiger partial charge in [-0.25, -0.2) is 0 Å². The number of ether oxygens (including phenoxy) is 2. The van der Waals surface area contributed by atoms with Crippen LogP contribution >= 0.6 is 0 Å². The van der Waals surface area contributed by atoms with Crippen LogP contribution in [0, 0.1) is 0 Å². The fourth-order valence-electron chi connectivity index (χ4n) is 1.27. The Kier molecular flexibility index (Phi) is 5.91. The summed E-state index contributed by atoms with van der Waals surface area (Å²) in [4.78, 5) is 21.9. The maximum absolute atomic E-state index is 10.9. The average Bonchev–Trinajstić information content (AvgIpc) is 1.98. The lowest BCUT2D eigenvalue weighted by molar-refractivity contribution is -0.173. The van der Waals surface area contributed by atoms with E-state index in [0.29, 0.717) is 0 Å². The van der Waals surface area contributed by atoms with Crippen LogP contribution in [0.25, 0.3) is 0 Å². The minimum atomic E-state index is -2.35. The molecule has 0 heterocycles. The molecule has 94 valence electrons. The molecule has 0 aliphatic carbocycles. The Morgan fingerprint density at radius 1 is 1.06 bits per heavy atom. The Labute approximate surface area is 98.9 Å². The molecule has 0 spiro atoms. The van der Waals surface area contributed by atoms with Crippen LogP contribution in [0.2, 0.25) is 26.2 Å². The molecule has 0 unspecified atom stereocenters. The van der Waals surface area contributed by atoms with Crippen LogP contribution in [0.3, 0.4) is 0 Å². The van der Waals surface area contributed by atoms with Crippen molar-refractivity contribution < 1.29 is 23.2 Å². The number of rotatable bonds is 5. The molecule has 0 aliphatic rings. The van der Waals surface area contributed by atoms with Gasteiger partial charge in [-0.05, 0) is 26.2 Å². The zero-order valence-corrected chi connectivity index (χ0v) is 12.9. The quantitative estimate of drug-likeness (QED) is 0.424. The van der Waals surface area contributed by atoms with Crippen molar-refractivity contribution in [3.05, 3.63) is 0 Å². The second-order valence-electron chi connectivity index (χ2n) is 4.32. The first-order chi connectivity index (χ1) is 7.15. The van der Waals surface area contributed by atoms with Crippen LogP contribution in [0.15, 0.2) is 0 Å². The molecule has 0 radical (unpaired) electrons. The van der Waals surface area contributed by atoms with Crippen molar-refractivity contribution in [3.8, 4) is 0 Å². The summed E-state index contributed by atoms with van der Waals surface area (Å²) in [5.74, 6) is -1.81. The van der Waals surface area contributed by atoms with Gasteiger partial charge in [-0.15, -0.1) is 0 Å². The Hall–Kier alpha value is -0.666. The van der Waals surface area contributed by atoms with Crippen molar-refractivity contribution in [2.24, 2.45) is 0 Å². The van der Waals surface area contributed by atoms with Gasteiger partial charge < -0.3 is 13.6 Å². The fraction of sp³-hybridized carbons (Fsp3) is 0.778. The third kappa shape index (κ3) is 6.03. The van der Waals surface area contributed by atoms with Gasteiger partial charge in [0.1, 0.15) is 0 Å². The van der Waals surface area contributed by atoms with E-state index < -0.39 is 35.2 Å². The zero-order chi connectivity index (χ0) is 12.9. The normalized spacial score (nSPS) is 11.8. The Morgan fingerprint density at radius 3 is 1.69 bits per heavy atom. The fourth-order valence-corrected chi connectivity index (χ4v) is 7.48. The molecular formula is C9H20O5Si2. The van der Waals surface area contributed by atoms with E-state index >= 15 is 0 Å². The van der Waals surface area contributed by atoms with Crippen LogP contribution in [0.5, 0.6) is 0 Å². The predicted octanol–water partition coefficient (Wildman–Crippen LogP) is 1.18. The Balaban J connectivity index is 4.70. The van der Waals surface area contributed by atoms with Gasteiger partial charge in [-0.2, -0.15) is 0 Å².